The van der Waals surface area contributed by atoms with Crippen LogP contribution in [-0.2, 0) is 6.54 Å². The molecule has 4 heteroatoms. The Morgan fingerprint density at radius 3 is 2.82 bits per heavy atom. The van der Waals surface area contributed by atoms with Crippen LogP contribution in [0, 0.1) is 0 Å². The zero-order valence-electron chi connectivity index (χ0n) is 13.2. The minimum atomic E-state index is -0.0000284. The van der Waals surface area contributed by atoms with Gasteiger partial charge in [-0.3, -0.25) is 4.79 Å². The summed E-state index contributed by atoms with van der Waals surface area (Å²) in [4.78, 5) is 15.2. The van der Waals surface area contributed by atoms with Crippen molar-refractivity contribution in [2.24, 2.45) is 0 Å². The molecule has 0 spiro atoms. The van der Waals surface area contributed by atoms with Crippen molar-refractivity contribution in [1.29, 1.82) is 0 Å². The van der Waals surface area contributed by atoms with E-state index in [1.54, 1.807) is 0 Å². The Morgan fingerprint density at radius 1 is 1.23 bits per heavy atom. The Morgan fingerprint density at radius 2 is 2.05 bits per heavy atom. The lowest BCUT2D eigenvalue weighted by molar-refractivity contribution is 0.340. The highest BCUT2D eigenvalue weighted by Gasteiger charge is 2.13. The molecule has 118 valence electrons. The second-order valence-corrected chi connectivity index (χ2v) is 6.02. The summed E-state index contributed by atoms with van der Waals surface area (Å²) >= 11 is 0. The van der Waals surface area contributed by atoms with E-state index in [9.17, 15) is 4.79 Å². The fraction of sp³-hybridized carbons (Fsp3) is 0.500. The average molecular weight is 300 g/mol. The molecule has 0 bridgehead atoms. The highest BCUT2D eigenvalue weighted by atomic mass is 16.5. The van der Waals surface area contributed by atoms with Gasteiger partial charge in [0.2, 0.25) is 0 Å². The Hall–Kier alpha value is -1.81. The summed E-state index contributed by atoms with van der Waals surface area (Å²) in [6.07, 6.45) is 6.38. The molecular weight excluding hydrogens is 276 g/mol. The van der Waals surface area contributed by atoms with E-state index in [0.717, 1.165) is 22.2 Å². The molecule has 3 rings (SSSR count). The number of pyridine rings is 1. The second kappa shape index (κ2) is 6.97. The maximum atomic E-state index is 12.2. The predicted octanol–water partition coefficient (Wildman–Crippen LogP) is 3.35. The number of aromatic amines is 1. The van der Waals surface area contributed by atoms with Crippen molar-refractivity contribution in [2.45, 2.75) is 51.6 Å². The molecule has 1 aliphatic carbocycles. The first-order valence-electron chi connectivity index (χ1n) is 8.28. The standard InChI is InChI=1S/C18H24N2O2/c1-2-22-16-8-9-17-13(11-16)10-14(18(21)20-17)12-19-15-6-4-3-5-7-15/h8-11,15,19H,2-7,12H2,1H3,(H,20,21). The zero-order valence-corrected chi connectivity index (χ0v) is 13.2. The van der Waals surface area contributed by atoms with Crippen LogP contribution >= 0.6 is 0 Å². The van der Waals surface area contributed by atoms with Crippen LogP contribution in [0.4, 0.5) is 0 Å². The summed E-state index contributed by atoms with van der Waals surface area (Å²) in [6.45, 7) is 3.25. The van der Waals surface area contributed by atoms with Gasteiger partial charge in [0.25, 0.3) is 5.56 Å². The Kier molecular flexibility index (Phi) is 4.78. The van der Waals surface area contributed by atoms with Gasteiger partial charge in [0.15, 0.2) is 0 Å². The molecule has 1 fully saturated rings. The summed E-state index contributed by atoms with van der Waals surface area (Å²) in [5.41, 5.74) is 1.65. The first-order valence-corrected chi connectivity index (χ1v) is 8.28. The fourth-order valence-corrected chi connectivity index (χ4v) is 3.18. The van der Waals surface area contributed by atoms with E-state index in [1.807, 2.05) is 31.2 Å². The van der Waals surface area contributed by atoms with Crippen LogP contribution in [-0.4, -0.2) is 17.6 Å². The van der Waals surface area contributed by atoms with E-state index in [0.29, 0.717) is 19.2 Å². The van der Waals surface area contributed by atoms with E-state index in [1.165, 1.54) is 32.1 Å². The van der Waals surface area contributed by atoms with Gasteiger partial charge in [-0.25, -0.2) is 0 Å². The quantitative estimate of drug-likeness (QED) is 0.890. The molecule has 2 N–H and O–H groups in total. The fourth-order valence-electron chi connectivity index (χ4n) is 3.18. The van der Waals surface area contributed by atoms with Crippen LogP contribution in [0.25, 0.3) is 10.9 Å². The van der Waals surface area contributed by atoms with Gasteiger partial charge in [-0.05, 0) is 44.0 Å². The Balaban J connectivity index is 1.78. The molecule has 0 saturated heterocycles. The lowest BCUT2D eigenvalue weighted by atomic mass is 9.95. The average Bonchev–Trinajstić information content (AvgIpc) is 2.54. The van der Waals surface area contributed by atoms with Crippen LogP contribution in [0.5, 0.6) is 5.75 Å². The van der Waals surface area contributed by atoms with Gasteiger partial charge >= 0.3 is 0 Å². The van der Waals surface area contributed by atoms with E-state index in [-0.39, 0.29) is 5.56 Å². The molecule has 1 saturated carbocycles. The zero-order chi connectivity index (χ0) is 15.4. The molecule has 1 aliphatic rings. The Bertz CT molecular complexity index is 687. The highest BCUT2D eigenvalue weighted by molar-refractivity contribution is 5.80. The summed E-state index contributed by atoms with van der Waals surface area (Å²) in [7, 11) is 0. The van der Waals surface area contributed by atoms with Gasteiger partial charge < -0.3 is 15.0 Å². The van der Waals surface area contributed by atoms with E-state index >= 15 is 0 Å². The van der Waals surface area contributed by atoms with Crippen molar-refractivity contribution < 1.29 is 4.74 Å². The van der Waals surface area contributed by atoms with Crippen LogP contribution in [0.15, 0.2) is 29.1 Å². The van der Waals surface area contributed by atoms with Crippen LogP contribution in [0.1, 0.15) is 44.6 Å². The van der Waals surface area contributed by atoms with Gasteiger partial charge in [0.05, 0.1) is 6.61 Å². The first-order chi connectivity index (χ1) is 10.8. The van der Waals surface area contributed by atoms with Crippen LogP contribution < -0.4 is 15.6 Å². The number of aromatic nitrogens is 1. The minimum absolute atomic E-state index is 0.0000284. The number of H-pyrrole nitrogens is 1. The number of rotatable bonds is 5. The number of benzene rings is 1. The SMILES string of the molecule is CCOc1ccc2[nH]c(=O)c(CNC3CCCCC3)cc2c1. The molecule has 0 radical (unpaired) electrons. The van der Waals surface area contributed by atoms with Gasteiger partial charge in [-0.1, -0.05) is 19.3 Å². The summed E-state index contributed by atoms with van der Waals surface area (Å²) in [6, 6.07) is 8.31. The molecule has 22 heavy (non-hydrogen) atoms. The minimum Gasteiger partial charge on any atom is -0.494 e. The molecule has 1 aromatic carbocycles. The molecule has 0 atom stereocenters. The lowest BCUT2D eigenvalue weighted by Gasteiger charge is -2.22. The van der Waals surface area contributed by atoms with Crippen molar-refractivity contribution in [3.8, 4) is 5.75 Å². The van der Waals surface area contributed by atoms with Crippen molar-refractivity contribution in [3.05, 3.63) is 40.2 Å². The third-order valence-corrected chi connectivity index (χ3v) is 4.39. The largest absolute Gasteiger partial charge is 0.494 e. The molecule has 2 aromatic rings. The molecule has 0 unspecified atom stereocenters. The van der Waals surface area contributed by atoms with E-state index < -0.39 is 0 Å². The second-order valence-electron chi connectivity index (χ2n) is 6.02. The summed E-state index contributed by atoms with van der Waals surface area (Å²) < 4.78 is 5.53. The Labute approximate surface area is 130 Å². The molecule has 4 nitrogen and oxygen atoms in total. The van der Waals surface area contributed by atoms with Gasteiger partial charge in [-0.2, -0.15) is 0 Å². The number of ether oxygens (including phenoxy) is 1. The van der Waals surface area contributed by atoms with Crippen molar-refractivity contribution in [2.75, 3.05) is 6.61 Å². The smallest absolute Gasteiger partial charge is 0.252 e. The summed E-state index contributed by atoms with van der Waals surface area (Å²) in [5.74, 6) is 0.841. The monoisotopic (exact) mass is 300 g/mol. The maximum absolute atomic E-state index is 12.2. The number of hydrogen-bond donors (Lipinski definition) is 2. The summed E-state index contributed by atoms with van der Waals surface area (Å²) in [5, 5.41) is 4.55. The predicted molar refractivity (Wildman–Crippen MR) is 89.5 cm³/mol. The molecule has 0 amide bonds. The van der Waals surface area contributed by atoms with Crippen molar-refractivity contribution >= 4 is 10.9 Å². The van der Waals surface area contributed by atoms with E-state index in [4.69, 9.17) is 4.74 Å². The topological polar surface area (TPSA) is 54.1 Å². The van der Waals surface area contributed by atoms with Gasteiger partial charge in [0, 0.05) is 29.1 Å². The third kappa shape index (κ3) is 3.50. The van der Waals surface area contributed by atoms with E-state index in [2.05, 4.69) is 10.3 Å². The first kappa shape index (κ1) is 15.1. The normalized spacial score (nSPS) is 16.0. The van der Waals surface area contributed by atoms with Crippen molar-refractivity contribution in [1.82, 2.24) is 10.3 Å². The van der Waals surface area contributed by atoms with Crippen molar-refractivity contribution in [3.63, 3.8) is 0 Å². The molecule has 1 aromatic heterocycles. The molecule has 1 heterocycles. The lowest BCUT2D eigenvalue weighted by Crippen LogP contribution is -2.32. The number of nitrogens with one attached hydrogen (secondary N) is 2. The van der Waals surface area contributed by atoms with Crippen LogP contribution in [0.3, 0.4) is 0 Å². The maximum Gasteiger partial charge on any atom is 0.252 e. The third-order valence-electron chi connectivity index (χ3n) is 4.39. The molecule has 0 aliphatic heterocycles. The molecular formula is C18H24N2O2. The van der Waals surface area contributed by atoms with Gasteiger partial charge in [-0.15, -0.1) is 0 Å². The number of fused-ring (bicyclic) bond motifs is 1. The van der Waals surface area contributed by atoms with Crippen LogP contribution in [0.2, 0.25) is 0 Å². The van der Waals surface area contributed by atoms with Gasteiger partial charge in [0.1, 0.15) is 5.75 Å². The number of hydrogen-bond acceptors (Lipinski definition) is 3. The highest BCUT2D eigenvalue weighted by Crippen LogP contribution is 2.20.